The van der Waals surface area contributed by atoms with Crippen LogP contribution in [0.15, 0.2) is 0 Å². The molecule has 2 aliphatic heterocycles. The average molecular weight is 298 g/mol. The van der Waals surface area contributed by atoms with Gasteiger partial charge in [0.1, 0.15) is 0 Å². The van der Waals surface area contributed by atoms with Gasteiger partial charge in [-0.15, -0.1) is 0 Å². The predicted octanol–water partition coefficient (Wildman–Crippen LogP) is 2.09. The second-order valence-corrected chi connectivity index (χ2v) is 6.76. The van der Waals surface area contributed by atoms with Crippen LogP contribution in [0, 0.1) is 11.8 Å². The molecule has 0 atom stereocenters. The largest absolute Gasteiger partial charge is 0.379 e. The summed E-state index contributed by atoms with van der Waals surface area (Å²) >= 11 is 0. The lowest BCUT2D eigenvalue weighted by Gasteiger charge is -2.36. The minimum absolute atomic E-state index is 0.742. The number of piperidine rings is 2. The molecule has 2 rings (SSSR count). The van der Waals surface area contributed by atoms with Crippen molar-refractivity contribution < 1.29 is 9.47 Å². The maximum atomic E-state index is 5.72. The molecule has 4 heteroatoms. The summed E-state index contributed by atoms with van der Waals surface area (Å²) in [6.45, 7) is 11.7. The van der Waals surface area contributed by atoms with Crippen LogP contribution in [0.1, 0.15) is 32.6 Å². The second-order valence-electron chi connectivity index (χ2n) is 6.76. The molecular weight excluding hydrogens is 264 g/mol. The Labute approximate surface area is 130 Å². The van der Waals surface area contributed by atoms with Crippen LogP contribution in [-0.2, 0) is 9.47 Å². The molecule has 0 unspecified atom stereocenters. The molecule has 124 valence electrons. The van der Waals surface area contributed by atoms with Crippen molar-refractivity contribution in [2.45, 2.75) is 32.6 Å². The number of hydrogen-bond donors (Lipinski definition) is 0. The molecule has 0 spiro atoms. The summed E-state index contributed by atoms with van der Waals surface area (Å²) < 4.78 is 11.0. The molecule has 21 heavy (non-hydrogen) atoms. The van der Waals surface area contributed by atoms with Gasteiger partial charge in [0.2, 0.25) is 0 Å². The van der Waals surface area contributed by atoms with Crippen LogP contribution in [0.25, 0.3) is 0 Å². The zero-order valence-electron chi connectivity index (χ0n) is 14.1. The summed E-state index contributed by atoms with van der Waals surface area (Å²) in [5.41, 5.74) is 0. The Morgan fingerprint density at radius 1 is 0.857 bits per heavy atom. The van der Waals surface area contributed by atoms with E-state index in [4.69, 9.17) is 9.47 Å². The number of rotatable bonds is 8. The van der Waals surface area contributed by atoms with E-state index in [1.165, 1.54) is 58.4 Å². The van der Waals surface area contributed by atoms with Crippen molar-refractivity contribution in [2.24, 2.45) is 11.8 Å². The number of ether oxygens (including phenoxy) is 2. The monoisotopic (exact) mass is 298 g/mol. The molecule has 0 radical (unpaired) electrons. The third-order valence-corrected chi connectivity index (χ3v) is 4.99. The Bertz CT molecular complexity index is 260. The quantitative estimate of drug-likeness (QED) is 0.641. The van der Waals surface area contributed by atoms with E-state index in [0.29, 0.717) is 0 Å². The van der Waals surface area contributed by atoms with E-state index in [0.717, 1.165) is 38.3 Å². The third kappa shape index (κ3) is 6.64. The molecule has 0 bridgehead atoms. The molecule has 2 fully saturated rings. The highest BCUT2D eigenvalue weighted by Gasteiger charge is 2.23. The van der Waals surface area contributed by atoms with E-state index >= 15 is 0 Å². The van der Waals surface area contributed by atoms with Crippen LogP contribution in [-0.4, -0.2) is 76.0 Å². The Balaban J connectivity index is 1.52. The highest BCUT2D eigenvalue weighted by Crippen LogP contribution is 2.22. The number of nitrogens with zero attached hydrogens (tertiary/aromatic N) is 2. The first kappa shape index (κ1) is 17.2. The molecule has 4 nitrogen and oxygen atoms in total. The Hall–Kier alpha value is -0.160. The molecule has 0 amide bonds. The zero-order chi connectivity index (χ0) is 14.9. The summed E-state index contributed by atoms with van der Waals surface area (Å²) in [7, 11) is 2.24. The SMILES string of the molecule is CCOCCOCC1CCN(CC2CCN(C)CC2)CC1. The summed E-state index contributed by atoms with van der Waals surface area (Å²) in [5, 5.41) is 0. The third-order valence-electron chi connectivity index (χ3n) is 4.99. The van der Waals surface area contributed by atoms with E-state index in [1.807, 2.05) is 6.92 Å². The fourth-order valence-corrected chi connectivity index (χ4v) is 3.46. The molecule has 0 aromatic carbocycles. The maximum absolute atomic E-state index is 5.72. The number of likely N-dealkylation sites (tertiary alicyclic amines) is 2. The normalized spacial score (nSPS) is 23.7. The minimum Gasteiger partial charge on any atom is -0.379 e. The van der Waals surface area contributed by atoms with Crippen molar-refractivity contribution in [1.82, 2.24) is 9.80 Å². The van der Waals surface area contributed by atoms with Crippen LogP contribution in [0.5, 0.6) is 0 Å². The van der Waals surface area contributed by atoms with E-state index in [-0.39, 0.29) is 0 Å². The topological polar surface area (TPSA) is 24.9 Å². The van der Waals surface area contributed by atoms with Gasteiger partial charge in [0.05, 0.1) is 13.2 Å². The Morgan fingerprint density at radius 2 is 1.48 bits per heavy atom. The molecule has 2 heterocycles. The van der Waals surface area contributed by atoms with E-state index in [1.54, 1.807) is 0 Å². The highest BCUT2D eigenvalue weighted by atomic mass is 16.5. The van der Waals surface area contributed by atoms with Gasteiger partial charge in [0, 0.05) is 19.8 Å². The fraction of sp³-hybridized carbons (Fsp3) is 1.00. The average Bonchev–Trinajstić information content (AvgIpc) is 2.51. The Morgan fingerprint density at radius 3 is 2.14 bits per heavy atom. The standard InChI is InChI=1S/C17H34N2O2/c1-3-20-12-13-21-15-17-6-10-19(11-7-17)14-16-4-8-18(2)9-5-16/h16-17H,3-15H2,1-2H3. The van der Waals surface area contributed by atoms with Gasteiger partial charge in [-0.3, -0.25) is 0 Å². The van der Waals surface area contributed by atoms with Gasteiger partial charge in [0.25, 0.3) is 0 Å². The fourth-order valence-electron chi connectivity index (χ4n) is 3.46. The lowest BCUT2D eigenvalue weighted by molar-refractivity contribution is 0.0222. The molecule has 0 aromatic heterocycles. The van der Waals surface area contributed by atoms with Crippen LogP contribution in [0.3, 0.4) is 0 Å². The smallest absolute Gasteiger partial charge is 0.0700 e. The molecule has 2 aliphatic rings. The van der Waals surface area contributed by atoms with Crippen LogP contribution in [0.4, 0.5) is 0 Å². The van der Waals surface area contributed by atoms with Gasteiger partial charge in [-0.1, -0.05) is 0 Å². The first-order valence-electron chi connectivity index (χ1n) is 8.84. The maximum Gasteiger partial charge on any atom is 0.0700 e. The van der Waals surface area contributed by atoms with Crippen molar-refractivity contribution in [1.29, 1.82) is 0 Å². The van der Waals surface area contributed by atoms with Gasteiger partial charge >= 0.3 is 0 Å². The molecule has 0 aliphatic carbocycles. The molecule has 0 aromatic rings. The predicted molar refractivity (Wildman–Crippen MR) is 86.7 cm³/mol. The Kier molecular flexibility index (Phi) is 8.01. The molecular formula is C17H34N2O2. The van der Waals surface area contributed by atoms with Crippen molar-refractivity contribution in [3.05, 3.63) is 0 Å². The van der Waals surface area contributed by atoms with Crippen LogP contribution >= 0.6 is 0 Å². The molecule has 0 N–H and O–H groups in total. The summed E-state index contributed by atoms with van der Waals surface area (Å²) in [6, 6.07) is 0. The van der Waals surface area contributed by atoms with E-state index in [9.17, 15) is 0 Å². The van der Waals surface area contributed by atoms with E-state index in [2.05, 4.69) is 16.8 Å². The highest BCUT2D eigenvalue weighted by molar-refractivity contribution is 4.77. The van der Waals surface area contributed by atoms with E-state index < -0.39 is 0 Å². The summed E-state index contributed by atoms with van der Waals surface area (Å²) in [6.07, 6.45) is 5.39. The van der Waals surface area contributed by atoms with Crippen LogP contribution in [0.2, 0.25) is 0 Å². The van der Waals surface area contributed by atoms with Gasteiger partial charge in [-0.2, -0.15) is 0 Å². The zero-order valence-corrected chi connectivity index (χ0v) is 14.1. The lowest BCUT2D eigenvalue weighted by atomic mass is 9.93. The van der Waals surface area contributed by atoms with Crippen molar-refractivity contribution >= 4 is 0 Å². The second kappa shape index (κ2) is 9.78. The molecule has 0 saturated carbocycles. The van der Waals surface area contributed by atoms with Crippen LogP contribution < -0.4 is 0 Å². The van der Waals surface area contributed by atoms with Gasteiger partial charge in [0.15, 0.2) is 0 Å². The van der Waals surface area contributed by atoms with Gasteiger partial charge in [-0.05, 0) is 77.7 Å². The summed E-state index contributed by atoms with van der Waals surface area (Å²) in [5.74, 6) is 1.69. The summed E-state index contributed by atoms with van der Waals surface area (Å²) in [4.78, 5) is 5.15. The van der Waals surface area contributed by atoms with Crippen molar-refractivity contribution in [3.8, 4) is 0 Å². The van der Waals surface area contributed by atoms with Crippen molar-refractivity contribution in [2.75, 3.05) is 66.2 Å². The molecule has 2 saturated heterocycles. The lowest BCUT2D eigenvalue weighted by Crippen LogP contribution is -2.41. The first-order valence-corrected chi connectivity index (χ1v) is 8.84. The first-order chi connectivity index (χ1) is 10.3. The van der Waals surface area contributed by atoms with Crippen molar-refractivity contribution in [3.63, 3.8) is 0 Å². The van der Waals surface area contributed by atoms with Gasteiger partial charge < -0.3 is 19.3 Å². The number of hydrogen-bond acceptors (Lipinski definition) is 4. The minimum atomic E-state index is 0.742. The van der Waals surface area contributed by atoms with Gasteiger partial charge in [-0.25, -0.2) is 0 Å².